The maximum Gasteiger partial charge on any atom is 0.269 e. The second kappa shape index (κ2) is 4.60. The van der Waals surface area contributed by atoms with Gasteiger partial charge < -0.3 is 15.6 Å². The Hall–Kier alpha value is -2.44. The Morgan fingerprint density at radius 3 is 2.82 bits per heavy atom. The molecule has 7 heteroatoms. The van der Waals surface area contributed by atoms with Crippen LogP contribution in [0.3, 0.4) is 0 Å². The third-order valence-electron chi connectivity index (χ3n) is 2.04. The van der Waals surface area contributed by atoms with Crippen LogP contribution in [-0.4, -0.2) is 21.3 Å². The molecule has 0 aliphatic heterocycles. The minimum absolute atomic E-state index is 0.132. The molecule has 1 amide bonds. The molecule has 17 heavy (non-hydrogen) atoms. The standard InChI is InChI=1S/C10H11N5O2/c1-6-4-7(15-17-6)5-12-9-3-2-8(10(11)16)13-14-9/h2-4H,5H2,1H3,(H2,11,16)(H,12,14). The van der Waals surface area contributed by atoms with Gasteiger partial charge in [0.25, 0.3) is 5.91 Å². The Morgan fingerprint density at radius 2 is 2.29 bits per heavy atom. The second-order valence-electron chi connectivity index (χ2n) is 3.45. The molecule has 0 aliphatic carbocycles. The van der Waals surface area contributed by atoms with Crippen molar-refractivity contribution >= 4 is 11.7 Å². The maximum absolute atomic E-state index is 10.8. The molecule has 2 heterocycles. The molecule has 88 valence electrons. The van der Waals surface area contributed by atoms with Crippen LogP contribution >= 0.6 is 0 Å². The molecule has 0 bridgehead atoms. The van der Waals surface area contributed by atoms with Gasteiger partial charge in [-0.1, -0.05) is 5.16 Å². The molecular weight excluding hydrogens is 222 g/mol. The van der Waals surface area contributed by atoms with Gasteiger partial charge in [0.1, 0.15) is 17.3 Å². The molecule has 0 saturated carbocycles. The average molecular weight is 233 g/mol. The van der Waals surface area contributed by atoms with Gasteiger partial charge in [-0.3, -0.25) is 4.79 Å². The van der Waals surface area contributed by atoms with E-state index in [1.165, 1.54) is 6.07 Å². The number of carbonyl (C=O) groups excluding carboxylic acids is 1. The summed E-state index contributed by atoms with van der Waals surface area (Å²) in [6, 6.07) is 4.95. The lowest BCUT2D eigenvalue weighted by Gasteiger charge is -2.01. The topological polar surface area (TPSA) is 107 Å². The molecule has 0 fully saturated rings. The van der Waals surface area contributed by atoms with Crippen LogP contribution in [0.5, 0.6) is 0 Å². The molecule has 3 N–H and O–H groups in total. The van der Waals surface area contributed by atoms with Crippen LogP contribution in [-0.2, 0) is 6.54 Å². The van der Waals surface area contributed by atoms with E-state index in [9.17, 15) is 4.79 Å². The Balaban J connectivity index is 1.97. The Morgan fingerprint density at radius 1 is 1.47 bits per heavy atom. The maximum atomic E-state index is 10.8. The van der Waals surface area contributed by atoms with Gasteiger partial charge >= 0.3 is 0 Å². The van der Waals surface area contributed by atoms with Gasteiger partial charge in [-0.05, 0) is 19.1 Å². The monoisotopic (exact) mass is 233 g/mol. The molecular formula is C10H11N5O2. The van der Waals surface area contributed by atoms with E-state index in [1.807, 2.05) is 13.0 Å². The number of amides is 1. The largest absolute Gasteiger partial charge is 0.364 e. The van der Waals surface area contributed by atoms with Crippen molar-refractivity contribution in [3.8, 4) is 0 Å². The lowest BCUT2D eigenvalue weighted by Crippen LogP contribution is -2.14. The number of primary amides is 1. The molecule has 2 aromatic heterocycles. The fraction of sp³-hybridized carbons (Fsp3) is 0.200. The Kier molecular flexibility index (Phi) is 2.99. The second-order valence-corrected chi connectivity index (χ2v) is 3.45. The number of aryl methyl sites for hydroxylation is 1. The number of hydrogen-bond donors (Lipinski definition) is 2. The van der Waals surface area contributed by atoms with Crippen molar-refractivity contribution in [3.05, 3.63) is 35.3 Å². The smallest absolute Gasteiger partial charge is 0.269 e. The van der Waals surface area contributed by atoms with Gasteiger partial charge in [0.15, 0.2) is 5.69 Å². The van der Waals surface area contributed by atoms with E-state index < -0.39 is 5.91 Å². The van der Waals surface area contributed by atoms with Crippen LogP contribution in [0.1, 0.15) is 21.9 Å². The summed E-state index contributed by atoms with van der Waals surface area (Å²) < 4.78 is 4.92. The van der Waals surface area contributed by atoms with Gasteiger partial charge in [0.2, 0.25) is 0 Å². The number of nitrogens with zero attached hydrogens (tertiary/aromatic N) is 3. The molecule has 0 saturated heterocycles. The van der Waals surface area contributed by atoms with E-state index in [4.69, 9.17) is 10.3 Å². The normalized spacial score (nSPS) is 10.2. The summed E-state index contributed by atoms with van der Waals surface area (Å²) in [5.74, 6) is 0.684. The van der Waals surface area contributed by atoms with Crippen molar-refractivity contribution in [1.82, 2.24) is 15.4 Å². The van der Waals surface area contributed by atoms with Gasteiger partial charge in [0.05, 0.1) is 6.54 Å². The highest BCUT2D eigenvalue weighted by Gasteiger charge is 2.04. The van der Waals surface area contributed by atoms with E-state index in [1.54, 1.807) is 6.07 Å². The Bertz CT molecular complexity index is 520. The van der Waals surface area contributed by atoms with Gasteiger partial charge in [-0.15, -0.1) is 10.2 Å². The minimum atomic E-state index is -0.601. The third kappa shape index (κ3) is 2.77. The van der Waals surface area contributed by atoms with Crippen LogP contribution in [0.4, 0.5) is 5.82 Å². The number of anilines is 1. The van der Waals surface area contributed by atoms with Crippen molar-refractivity contribution in [1.29, 1.82) is 0 Å². The van der Waals surface area contributed by atoms with E-state index in [2.05, 4.69) is 20.7 Å². The van der Waals surface area contributed by atoms with Crippen molar-refractivity contribution in [2.75, 3.05) is 5.32 Å². The summed E-state index contributed by atoms with van der Waals surface area (Å²) in [4.78, 5) is 10.8. The highest BCUT2D eigenvalue weighted by atomic mass is 16.5. The molecule has 0 aromatic carbocycles. The van der Waals surface area contributed by atoms with Crippen LogP contribution in [0.2, 0.25) is 0 Å². The van der Waals surface area contributed by atoms with E-state index in [0.717, 1.165) is 11.5 Å². The summed E-state index contributed by atoms with van der Waals surface area (Å²) in [6.07, 6.45) is 0. The molecule has 0 radical (unpaired) electrons. The molecule has 2 rings (SSSR count). The lowest BCUT2D eigenvalue weighted by molar-refractivity contribution is 0.0994. The zero-order valence-electron chi connectivity index (χ0n) is 9.17. The van der Waals surface area contributed by atoms with E-state index in [0.29, 0.717) is 12.4 Å². The first-order chi connectivity index (χ1) is 8.15. The molecule has 0 aliphatic rings. The molecule has 0 spiro atoms. The van der Waals surface area contributed by atoms with Crippen LogP contribution in [0.15, 0.2) is 22.7 Å². The molecule has 7 nitrogen and oxygen atoms in total. The van der Waals surface area contributed by atoms with Crippen molar-refractivity contribution in [3.63, 3.8) is 0 Å². The summed E-state index contributed by atoms with van der Waals surface area (Å²) in [7, 11) is 0. The fourth-order valence-corrected chi connectivity index (χ4v) is 1.24. The summed E-state index contributed by atoms with van der Waals surface area (Å²) in [5.41, 5.74) is 5.95. The average Bonchev–Trinajstić information content (AvgIpc) is 2.73. The quantitative estimate of drug-likeness (QED) is 0.795. The zero-order chi connectivity index (χ0) is 12.3. The number of rotatable bonds is 4. The predicted octanol–water partition coefficient (Wildman–Crippen LogP) is 0.484. The molecule has 0 unspecified atom stereocenters. The number of hydrogen-bond acceptors (Lipinski definition) is 6. The van der Waals surface area contributed by atoms with Crippen LogP contribution < -0.4 is 11.1 Å². The number of aromatic nitrogens is 3. The van der Waals surface area contributed by atoms with E-state index >= 15 is 0 Å². The fourth-order valence-electron chi connectivity index (χ4n) is 1.24. The zero-order valence-corrected chi connectivity index (χ0v) is 9.17. The SMILES string of the molecule is Cc1cc(CNc2ccc(C(N)=O)nn2)no1. The molecule has 0 atom stereocenters. The summed E-state index contributed by atoms with van der Waals surface area (Å²) in [5, 5.41) is 14.3. The van der Waals surface area contributed by atoms with Gasteiger partial charge in [-0.2, -0.15) is 0 Å². The summed E-state index contributed by atoms with van der Waals surface area (Å²) in [6.45, 7) is 2.29. The first kappa shape index (κ1) is 11.1. The van der Waals surface area contributed by atoms with E-state index in [-0.39, 0.29) is 5.69 Å². The molecule has 2 aromatic rings. The van der Waals surface area contributed by atoms with Crippen LogP contribution in [0, 0.1) is 6.92 Å². The predicted molar refractivity (Wildman–Crippen MR) is 59.1 cm³/mol. The minimum Gasteiger partial charge on any atom is -0.364 e. The van der Waals surface area contributed by atoms with Crippen molar-refractivity contribution in [2.45, 2.75) is 13.5 Å². The summed E-state index contributed by atoms with van der Waals surface area (Å²) >= 11 is 0. The first-order valence-electron chi connectivity index (χ1n) is 4.95. The lowest BCUT2D eigenvalue weighted by atomic mass is 10.3. The Labute approximate surface area is 97.0 Å². The first-order valence-corrected chi connectivity index (χ1v) is 4.95. The highest BCUT2D eigenvalue weighted by molar-refractivity contribution is 5.90. The van der Waals surface area contributed by atoms with Crippen molar-refractivity contribution < 1.29 is 9.32 Å². The highest BCUT2D eigenvalue weighted by Crippen LogP contribution is 2.06. The third-order valence-corrected chi connectivity index (χ3v) is 2.04. The number of carbonyl (C=O) groups is 1. The van der Waals surface area contributed by atoms with Crippen LogP contribution in [0.25, 0.3) is 0 Å². The number of nitrogens with two attached hydrogens (primary N) is 1. The number of nitrogens with one attached hydrogen (secondary N) is 1. The van der Waals surface area contributed by atoms with Gasteiger partial charge in [0, 0.05) is 6.07 Å². The van der Waals surface area contributed by atoms with Gasteiger partial charge in [-0.25, -0.2) is 0 Å². The van der Waals surface area contributed by atoms with Crippen molar-refractivity contribution in [2.24, 2.45) is 5.73 Å².